The fourth-order valence-electron chi connectivity index (χ4n) is 1.74. The Morgan fingerprint density at radius 1 is 1.17 bits per heavy atom. The van der Waals surface area contributed by atoms with Gasteiger partial charge in [0.1, 0.15) is 5.75 Å². The van der Waals surface area contributed by atoms with E-state index in [1.807, 2.05) is 6.07 Å². The molecule has 8 heteroatoms. The van der Waals surface area contributed by atoms with Gasteiger partial charge in [-0.1, -0.05) is 29.8 Å². The number of thiocarbonyl (C=S) groups is 1. The summed E-state index contributed by atoms with van der Waals surface area (Å²) in [6.07, 6.45) is 0. The number of rotatable bonds is 5. The summed E-state index contributed by atoms with van der Waals surface area (Å²) in [5, 5.41) is 14.3. The van der Waals surface area contributed by atoms with Gasteiger partial charge in [0.2, 0.25) is 0 Å². The van der Waals surface area contributed by atoms with E-state index in [0.717, 1.165) is 0 Å². The number of anilines is 1. The highest BCUT2D eigenvalue weighted by Gasteiger charge is 2.10. The molecule has 0 unspecified atom stereocenters. The quantitative estimate of drug-likeness (QED) is 0.707. The van der Waals surface area contributed by atoms with Crippen LogP contribution in [0.1, 0.15) is 10.4 Å². The topological polar surface area (TPSA) is 87.7 Å². The van der Waals surface area contributed by atoms with Crippen molar-refractivity contribution in [1.82, 2.24) is 5.32 Å². The monoisotopic (exact) mass is 364 g/mol. The first-order valence-corrected chi connectivity index (χ1v) is 7.56. The molecule has 0 aliphatic heterocycles. The number of aromatic carboxylic acids is 1. The Morgan fingerprint density at radius 2 is 1.88 bits per heavy atom. The number of carbonyl (C=O) groups excluding carboxylic acids is 1. The minimum atomic E-state index is -1.10. The number of amides is 1. The second-order valence-electron chi connectivity index (χ2n) is 4.60. The van der Waals surface area contributed by atoms with Gasteiger partial charge in [0.25, 0.3) is 5.91 Å². The van der Waals surface area contributed by atoms with E-state index in [2.05, 4.69) is 10.6 Å². The molecule has 0 aromatic heterocycles. The Labute approximate surface area is 148 Å². The van der Waals surface area contributed by atoms with E-state index in [1.54, 1.807) is 24.3 Å². The highest BCUT2D eigenvalue weighted by molar-refractivity contribution is 7.80. The molecule has 24 heavy (non-hydrogen) atoms. The van der Waals surface area contributed by atoms with E-state index < -0.39 is 11.9 Å². The molecule has 124 valence electrons. The lowest BCUT2D eigenvalue weighted by Gasteiger charge is -2.12. The van der Waals surface area contributed by atoms with Crippen LogP contribution in [0.15, 0.2) is 48.5 Å². The lowest BCUT2D eigenvalue weighted by molar-refractivity contribution is -0.121. The minimum absolute atomic E-state index is 0.0129. The molecule has 0 radical (unpaired) electrons. The molecule has 0 saturated heterocycles. The number of halogens is 1. The highest BCUT2D eigenvalue weighted by Crippen LogP contribution is 2.23. The maximum absolute atomic E-state index is 11.8. The highest BCUT2D eigenvalue weighted by atomic mass is 35.5. The molecule has 2 aromatic rings. The van der Waals surface area contributed by atoms with Crippen molar-refractivity contribution in [3.05, 3.63) is 59.1 Å². The van der Waals surface area contributed by atoms with Crippen LogP contribution >= 0.6 is 23.8 Å². The molecule has 1 amide bonds. The first-order valence-electron chi connectivity index (χ1n) is 6.77. The molecule has 3 N–H and O–H groups in total. The Bertz CT molecular complexity index is 768. The van der Waals surface area contributed by atoms with Crippen LogP contribution in [0, 0.1) is 0 Å². The van der Waals surface area contributed by atoms with Gasteiger partial charge >= 0.3 is 5.97 Å². The van der Waals surface area contributed by atoms with Gasteiger partial charge in [-0.3, -0.25) is 10.1 Å². The number of hydrogen-bond acceptors (Lipinski definition) is 4. The van der Waals surface area contributed by atoms with Gasteiger partial charge in [0.05, 0.1) is 16.3 Å². The van der Waals surface area contributed by atoms with Crippen LogP contribution in [-0.4, -0.2) is 28.7 Å². The van der Waals surface area contributed by atoms with E-state index in [0.29, 0.717) is 5.75 Å². The van der Waals surface area contributed by atoms with Crippen molar-refractivity contribution in [2.45, 2.75) is 0 Å². The molecule has 2 aromatic carbocycles. The van der Waals surface area contributed by atoms with Crippen LogP contribution in [0.25, 0.3) is 0 Å². The molecule has 0 saturated carbocycles. The summed E-state index contributed by atoms with van der Waals surface area (Å²) < 4.78 is 5.29. The fourth-order valence-corrected chi connectivity index (χ4v) is 2.12. The van der Waals surface area contributed by atoms with E-state index >= 15 is 0 Å². The SMILES string of the molecule is O=C(COc1ccccc1)NC(=S)Nc1cc(C(=O)O)ccc1Cl. The molecule has 6 nitrogen and oxygen atoms in total. The van der Waals surface area contributed by atoms with Gasteiger partial charge in [0, 0.05) is 0 Å². The normalized spacial score (nSPS) is 9.88. The van der Waals surface area contributed by atoms with Crippen LogP contribution in [0.2, 0.25) is 5.02 Å². The molecule has 0 fully saturated rings. The molecule has 0 bridgehead atoms. The summed E-state index contributed by atoms with van der Waals surface area (Å²) in [6.45, 7) is -0.214. The van der Waals surface area contributed by atoms with Gasteiger partial charge in [-0.2, -0.15) is 0 Å². The number of nitrogens with one attached hydrogen (secondary N) is 2. The Morgan fingerprint density at radius 3 is 2.54 bits per heavy atom. The third-order valence-electron chi connectivity index (χ3n) is 2.83. The van der Waals surface area contributed by atoms with Gasteiger partial charge in [-0.15, -0.1) is 0 Å². The number of para-hydroxylation sites is 1. The predicted octanol–water partition coefficient (Wildman–Crippen LogP) is 2.93. The summed E-state index contributed by atoms with van der Waals surface area (Å²) in [5.74, 6) is -0.994. The Kier molecular flexibility index (Phi) is 6.11. The maximum atomic E-state index is 11.8. The van der Waals surface area contributed by atoms with Crippen molar-refractivity contribution in [1.29, 1.82) is 0 Å². The van der Waals surface area contributed by atoms with Crippen molar-refractivity contribution in [2.24, 2.45) is 0 Å². The summed E-state index contributed by atoms with van der Waals surface area (Å²) in [5.41, 5.74) is 0.328. The molecule has 2 rings (SSSR count). The number of carboxylic acids is 1. The van der Waals surface area contributed by atoms with Crippen LogP contribution in [0.3, 0.4) is 0 Å². The minimum Gasteiger partial charge on any atom is -0.484 e. The zero-order chi connectivity index (χ0) is 17.5. The lowest BCUT2D eigenvalue weighted by Crippen LogP contribution is -2.37. The van der Waals surface area contributed by atoms with E-state index in [9.17, 15) is 9.59 Å². The van der Waals surface area contributed by atoms with E-state index in [-0.39, 0.29) is 28.0 Å². The van der Waals surface area contributed by atoms with Crippen LogP contribution in [0.5, 0.6) is 5.75 Å². The van der Waals surface area contributed by atoms with Crippen molar-refractivity contribution in [3.63, 3.8) is 0 Å². The predicted molar refractivity (Wildman–Crippen MR) is 94.7 cm³/mol. The van der Waals surface area contributed by atoms with Gasteiger partial charge < -0.3 is 15.2 Å². The standard InChI is InChI=1S/C16H13ClN2O4S/c17-12-7-6-10(15(21)22)8-13(12)18-16(24)19-14(20)9-23-11-4-2-1-3-5-11/h1-8H,9H2,(H,21,22)(H2,18,19,20,24). The largest absolute Gasteiger partial charge is 0.484 e. The first kappa shape index (κ1) is 17.7. The Hall–Kier alpha value is -2.64. The van der Waals surface area contributed by atoms with Crippen molar-refractivity contribution in [2.75, 3.05) is 11.9 Å². The molecule has 0 spiro atoms. The fraction of sp³-hybridized carbons (Fsp3) is 0.0625. The third kappa shape index (κ3) is 5.22. The molecule has 0 aliphatic rings. The number of carboxylic acid groups (broad SMARTS) is 1. The molecule has 0 atom stereocenters. The van der Waals surface area contributed by atoms with Crippen molar-refractivity contribution in [3.8, 4) is 5.75 Å². The van der Waals surface area contributed by atoms with Crippen LogP contribution < -0.4 is 15.4 Å². The summed E-state index contributed by atoms with van der Waals surface area (Å²) in [7, 11) is 0. The summed E-state index contributed by atoms with van der Waals surface area (Å²) >= 11 is 11.0. The Balaban J connectivity index is 1.90. The lowest BCUT2D eigenvalue weighted by atomic mass is 10.2. The average molecular weight is 365 g/mol. The summed E-state index contributed by atoms with van der Waals surface area (Å²) in [4.78, 5) is 22.7. The number of carbonyl (C=O) groups is 2. The van der Waals surface area contributed by atoms with E-state index in [1.165, 1.54) is 18.2 Å². The number of benzene rings is 2. The molecule has 0 aliphatic carbocycles. The van der Waals surface area contributed by atoms with Gasteiger partial charge in [0.15, 0.2) is 11.7 Å². The third-order valence-corrected chi connectivity index (χ3v) is 3.36. The molecular formula is C16H13ClN2O4S. The van der Waals surface area contributed by atoms with Gasteiger partial charge in [-0.05, 0) is 42.5 Å². The molecule has 0 heterocycles. The second kappa shape index (κ2) is 8.28. The summed E-state index contributed by atoms with van der Waals surface area (Å²) in [6, 6.07) is 13.0. The number of hydrogen-bond donors (Lipinski definition) is 3. The van der Waals surface area contributed by atoms with Crippen LogP contribution in [-0.2, 0) is 4.79 Å². The zero-order valence-electron chi connectivity index (χ0n) is 12.3. The average Bonchev–Trinajstić information content (AvgIpc) is 2.55. The number of ether oxygens (including phenoxy) is 1. The second-order valence-corrected chi connectivity index (χ2v) is 5.42. The molecular weight excluding hydrogens is 352 g/mol. The van der Waals surface area contributed by atoms with Gasteiger partial charge in [-0.25, -0.2) is 4.79 Å². The van der Waals surface area contributed by atoms with Crippen molar-refractivity contribution < 1.29 is 19.4 Å². The maximum Gasteiger partial charge on any atom is 0.335 e. The first-order chi connectivity index (χ1) is 11.5. The van der Waals surface area contributed by atoms with Crippen molar-refractivity contribution >= 4 is 46.5 Å². The van der Waals surface area contributed by atoms with Crippen LogP contribution in [0.4, 0.5) is 5.69 Å². The van der Waals surface area contributed by atoms with E-state index in [4.69, 9.17) is 33.7 Å². The zero-order valence-corrected chi connectivity index (χ0v) is 13.9. The smallest absolute Gasteiger partial charge is 0.335 e.